The average Bonchev–Trinajstić information content (AvgIpc) is 2.52. The SMILES string of the molecule is NC(=O)Nc1ccc(CNc2cc(Cl)c(C(F)(F)F)cc2[N+](=O)[O-])cc1. The third-order valence-corrected chi connectivity index (χ3v) is 3.60. The van der Waals surface area contributed by atoms with Crippen molar-refractivity contribution >= 4 is 34.7 Å². The van der Waals surface area contributed by atoms with E-state index in [1.54, 1.807) is 24.3 Å². The van der Waals surface area contributed by atoms with Crippen LogP contribution in [0.2, 0.25) is 5.02 Å². The molecule has 0 aromatic heterocycles. The molecule has 0 aliphatic carbocycles. The Labute approximate surface area is 150 Å². The number of anilines is 2. The highest BCUT2D eigenvalue weighted by atomic mass is 35.5. The largest absolute Gasteiger partial charge is 0.418 e. The summed E-state index contributed by atoms with van der Waals surface area (Å²) in [4.78, 5) is 20.9. The first-order valence-corrected chi connectivity index (χ1v) is 7.40. The zero-order valence-corrected chi connectivity index (χ0v) is 13.7. The van der Waals surface area contributed by atoms with E-state index in [9.17, 15) is 28.1 Å². The Morgan fingerprint density at radius 3 is 2.35 bits per heavy atom. The normalized spacial score (nSPS) is 11.1. The predicted octanol–water partition coefficient (Wildman–Crippen LogP) is 4.37. The maximum Gasteiger partial charge on any atom is 0.418 e. The molecule has 0 atom stereocenters. The first-order valence-electron chi connectivity index (χ1n) is 7.02. The van der Waals surface area contributed by atoms with Crippen molar-refractivity contribution in [2.24, 2.45) is 5.73 Å². The van der Waals surface area contributed by atoms with E-state index in [2.05, 4.69) is 10.6 Å². The molecule has 0 spiro atoms. The third-order valence-electron chi connectivity index (χ3n) is 3.29. The number of alkyl halides is 3. The number of nitro benzene ring substituents is 1. The predicted molar refractivity (Wildman–Crippen MR) is 90.1 cm³/mol. The van der Waals surface area contributed by atoms with E-state index in [0.29, 0.717) is 17.3 Å². The molecule has 0 fully saturated rings. The lowest BCUT2D eigenvalue weighted by molar-refractivity contribution is -0.384. The molecular formula is C15H12ClF3N4O3. The van der Waals surface area contributed by atoms with Crippen molar-refractivity contribution in [3.8, 4) is 0 Å². The number of nitro groups is 1. The zero-order chi connectivity index (χ0) is 19.5. The van der Waals surface area contributed by atoms with Gasteiger partial charge in [-0.25, -0.2) is 4.79 Å². The van der Waals surface area contributed by atoms with Crippen LogP contribution in [0, 0.1) is 10.1 Å². The molecule has 0 aliphatic rings. The second-order valence-electron chi connectivity index (χ2n) is 5.14. The number of nitrogens with zero attached hydrogens (tertiary/aromatic N) is 1. The Morgan fingerprint density at radius 1 is 1.23 bits per heavy atom. The molecule has 2 aromatic rings. The molecular weight excluding hydrogens is 377 g/mol. The molecule has 26 heavy (non-hydrogen) atoms. The maximum absolute atomic E-state index is 12.8. The summed E-state index contributed by atoms with van der Waals surface area (Å²) in [6, 6.07) is 6.85. The van der Waals surface area contributed by atoms with Crippen molar-refractivity contribution in [2.75, 3.05) is 10.6 Å². The fourth-order valence-electron chi connectivity index (χ4n) is 2.12. The van der Waals surface area contributed by atoms with Crippen LogP contribution in [0.1, 0.15) is 11.1 Å². The molecule has 138 valence electrons. The highest BCUT2D eigenvalue weighted by Crippen LogP contribution is 2.40. The van der Waals surface area contributed by atoms with Crippen molar-refractivity contribution < 1.29 is 22.9 Å². The van der Waals surface area contributed by atoms with E-state index in [4.69, 9.17) is 17.3 Å². The summed E-state index contributed by atoms with van der Waals surface area (Å²) in [5.74, 6) is 0. The lowest BCUT2D eigenvalue weighted by Gasteiger charge is -2.13. The number of urea groups is 1. The Bertz CT molecular complexity index is 841. The minimum atomic E-state index is -4.80. The van der Waals surface area contributed by atoms with Crippen LogP contribution in [-0.4, -0.2) is 11.0 Å². The summed E-state index contributed by atoms with van der Waals surface area (Å²) in [7, 11) is 0. The van der Waals surface area contributed by atoms with E-state index < -0.39 is 33.4 Å². The van der Waals surface area contributed by atoms with Crippen molar-refractivity contribution in [3.63, 3.8) is 0 Å². The van der Waals surface area contributed by atoms with Crippen LogP contribution in [0.15, 0.2) is 36.4 Å². The number of nitrogens with one attached hydrogen (secondary N) is 2. The summed E-state index contributed by atoms with van der Waals surface area (Å²) in [6.07, 6.45) is -4.80. The Balaban J connectivity index is 2.22. The van der Waals surface area contributed by atoms with Gasteiger partial charge in [0.25, 0.3) is 5.69 Å². The Morgan fingerprint density at radius 2 is 1.85 bits per heavy atom. The lowest BCUT2D eigenvalue weighted by Crippen LogP contribution is -2.19. The average molecular weight is 389 g/mol. The van der Waals surface area contributed by atoms with E-state index >= 15 is 0 Å². The topological polar surface area (TPSA) is 110 Å². The highest BCUT2D eigenvalue weighted by molar-refractivity contribution is 6.31. The number of nitrogens with two attached hydrogens (primary N) is 1. The van der Waals surface area contributed by atoms with Crippen LogP contribution in [0.5, 0.6) is 0 Å². The molecule has 2 aromatic carbocycles. The number of carbonyl (C=O) groups excluding carboxylic acids is 1. The number of halogens is 4. The Kier molecular flexibility index (Phi) is 5.56. The first kappa shape index (κ1) is 19.3. The van der Waals surface area contributed by atoms with Gasteiger partial charge in [0.05, 0.1) is 15.5 Å². The maximum atomic E-state index is 12.8. The van der Waals surface area contributed by atoms with Crippen molar-refractivity contribution in [3.05, 3.63) is 62.7 Å². The zero-order valence-electron chi connectivity index (χ0n) is 12.9. The van der Waals surface area contributed by atoms with Gasteiger partial charge in [0.1, 0.15) is 5.69 Å². The number of amides is 2. The van der Waals surface area contributed by atoms with Gasteiger partial charge < -0.3 is 16.4 Å². The minimum Gasteiger partial charge on any atom is -0.375 e. The summed E-state index contributed by atoms with van der Waals surface area (Å²) in [6.45, 7) is 0.0827. The van der Waals surface area contributed by atoms with Crippen LogP contribution in [0.25, 0.3) is 0 Å². The lowest BCUT2D eigenvalue weighted by atomic mass is 10.1. The van der Waals surface area contributed by atoms with Gasteiger partial charge in [-0.05, 0) is 23.8 Å². The molecule has 0 saturated carbocycles. The number of hydrogen-bond donors (Lipinski definition) is 3. The molecule has 11 heteroatoms. The van der Waals surface area contributed by atoms with Crippen LogP contribution < -0.4 is 16.4 Å². The van der Waals surface area contributed by atoms with E-state index in [0.717, 1.165) is 6.07 Å². The van der Waals surface area contributed by atoms with Gasteiger partial charge in [-0.1, -0.05) is 23.7 Å². The smallest absolute Gasteiger partial charge is 0.375 e. The molecule has 0 unspecified atom stereocenters. The van der Waals surface area contributed by atoms with Crippen LogP contribution in [0.3, 0.4) is 0 Å². The minimum absolute atomic E-state index is 0.0827. The van der Waals surface area contributed by atoms with Gasteiger partial charge in [0, 0.05) is 18.3 Å². The fraction of sp³-hybridized carbons (Fsp3) is 0.133. The molecule has 0 aliphatic heterocycles. The van der Waals surface area contributed by atoms with Crippen molar-refractivity contribution in [2.45, 2.75) is 12.7 Å². The van der Waals surface area contributed by atoms with Gasteiger partial charge in [-0.15, -0.1) is 0 Å². The first-order chi connectivity index (χ1) is 12.1. The van der Waals surface area contributed by atoms with Gasteiger partial charge in [0.15, 0.2) is 0 Å². The molecule has 0 heterocycles. The van der Waals surface area contributed by atoms with Crippen molar-refractivity contribution in [1.82, 2.24) is 0 Å². The van der Waals surface area contributed by atoms with E-state index in [-0.39, 0.29) is 12.2 Å². The summed E-state index contributed by atoms with van der Waals surface area (Å²) >= 11 is 5.61. The molecule has 4 N–H and O–H groups in total. The quantitative estimate of drug-likeness (QED) is 0.521. The van der Waals surface area contributed by atoms with Gasteiger partial charge in [-0.2, -0.15) is 13.2 Å². The molecule has 0 radical (unpaired) electrons. The monoisotopic (exact) mass is 388 g/mol. The molecule has 7 nitrogen and oxygen atoms in total. The number of benzene rings is 2. The number of carbonyl (C=O) groups is 1. The van der Waals surface area contributed by atoms with Crippen LogP contribution in [0.4, 0.5) is 35.0 Å². The van der Waals surface area contributed by atoms with Gasteiger partial charge >= 0.3 is 12.2 Å². The number of hydrogen-bond acceptors (Lipinski definition) is 4. The fourth-order valence-corrected chi connectivity index (χ4v) is 2.39. The van der Waals surface area contributed by atoms with Gasteiger partial charge in [-0.3, -0.25) is 10.1 Å². The number of primary amides is 1. The standard InChI is InChI=1S/C15H12ClF3N4O3/c16-11-6-12(13(23(25)26)5-10(11)15(17,18)19)21-7-8-1-3-9(4-2-8)22-14(20)24/h1-6,21H,7H2,(H3,20,22,24). The van der Waals surface area contributed by atoms with Crippen LogP contribution in [-0.2, 0) is 12.7 Å². The molecule has 0 saturated heterocycles. The van der Waals surface area contributed by atoms with Crippen molar-refractivity contribution in [1.29, 1.82) is 0 Å². The summed E-state index contributed by atoms with van der Waals surface area (Å²) < 4.78 is 38.5. The van der Waals surface area contributed by atoms with Gasteiger partial charge in [0.2, 0.25) is 0 Å². The number of rotatable bonds is 5. The second kappa shape index (κ2) is 7.48. The van der Waals surface area contributed by atoms with Crippen LogP contribution >= 0.6 is 11.6 Å². The molecule has 2 rings (SSSR count). The third kappa shape index (κ3) is 4.76. The van der Waals surface area contributed by atoms with E-state index in [1.807, 2.05) is 0 Å². The summed E-state index contributed by atoms with van der Waals surface area (Å²) in [5, 5.41) is 15.5. The Hall–Kier alpha value is -3.01. The highest BCUT2D eigenvalue weighted by Gasteiger charge is 2.36. The molecule has 0 bridgehead atoms. The second-order valence-corrected chi connectivity index (χ2v) is 5.55. The van der Waals surface area contributed by atoms with E-state index in [1.165, 1.54) is 0 Å². The molecule has 2 amide bonds. The summed E-state index contributed by atoms with van der Waals surface area (Å²) in [5.41, 5.74) is 3.92.